The summed E-state index contributed by atoms with van der Waals surface area (Å²) in [4.78, 5) is 14.2. The Labute approximate surface area is 132 Å². The number of benzene rings is 1. The number of hydrogen-bond acceptors (Lipinski definition) is 4. The van der Waals surface area contributed by atoms with Gasteiger partial charge in [-0.15, -0.1) is 0 Å². The summed E-state index contributed by atoms with van der Waals surface area (Å²) in [5, 5.41) is 0. The molecule has 4 heteroatoms. The lowest BCUT2D eigenvalue weighted by Crippen LogP contribution is -2.30. The van der Waals surface area contributed by atoms with Crippen molar-refractivity contribution in [2.75, 3.05) is 6.54 Å². The van der Waals surface area contributed by atoms with Crippen molar-refractivity contribution in [3.05, 3.63) is 59.7 Å². The average Bonchev–Trinajstić information content (AvgIpc) is 2.50. The highest BCUT2D eigenvalue weighted by molar-refractivity contribution is 5.17. The summed E-state index contributed by atoms with van der Waals surface area (Å²) in [6.45, 7) is 6.80. The molecule has 22 heavy (non-hydrogen) atoms. The van der Waals surface area contributed by atoms with Crippen molar-refractivity contribution in [3.8, 4) is 0 Å². The fourth-order valence-corrected chi connectivity index (χ4v) is 2.08. The Morgan fingerprint density at radius 3 is 2.32 bits per heavy atom. The van der Waals surface area contributed by atoms with E-state index in [1.54, 1.807) is 6.33 Å². The van der Waals surface area contributed by atoms with Crippen LogP contribution in [-0.2, 0) is 24.1 Å². The third-order valence-electron chi connectivity index (χ3n) is 3.15. The van der Waals surface area contributed by atoms with E-state index in [-0.39, 0.29) is 5.60 Å². The van der Waals surface area contributed by atoms with Crippen LogP contribution in [0.4, 0.5) is 0 Å². The molecule has 0 aliphatic carbocycles. The van der Waals surface area contributed by atoms with Crippen LogP contribution in [0.3, 0.4) is 0 Å². The van der Waals surface area contributed by atoms with E-state index in [1.165, 1.54) is 5.56 Å². The molecule has 0 bridgehead atoms. The molecule has 118 valence electrons. The molecule has 1 heterocycles. The van der Waals surface area contributed by atoms with Gasteiger partial charge in [-0.05, 0) is 45.2 Å². The quantitative estimate of drug-likeness (QED) is 0.630. The maximum Gasteiger partial charge on any atom is 0.115 e. The highest BCUT2D eigenvalue weighted by Gasteiger charge is 2.09. The van der Waals surface area contributed by atoms with Gasteiger partial charge in [-0.2, -0.15) is 0 Å². The normalized spacial score (nSPS) is 11.6. The molecule has 0 amide bonds. The summed E-state index contributed by atoms with van der Waals surface area (Å²) in [5.74, 6) is 0. The summed E-state index contributed by atoms with van der Waals surface area (Å²) >= 11 is 0. The molecular formula is C18H25N3O. The number of nitrogens with zero attached hydrogens (tertiary/aromatic N) is 2. The van der Waals surface area contributed by atoms with E-state index >= 15 is 0 Å². The van der Waals surface area contributed by atoms with Gasteiger partial charge >= 0.3 is 0 Å². The lowest BCUT2D eigenvalue weighted by molar-refractivity contribution is -0.0718. The van der Waals surface area contributed by atoms with Gasteiger partial charge in [-0.3, -0.25) is 4.84 Å². The van der Waals surface area contributed by atoms with Crippen molar-refractivity contribution >= 4 is 0 Å². The topological polar surface area (TPSA) is 47.0 Å². The molecule has 1 aromatic carbocycles. The standard InChI is InChI=1S/C18H25N3O/c1-18(2,3)22-21-12-11-17-13-16(19-14-20-17)10-9-15-7-5-4-6-8-15/h4-8,13-14,21H,9-12H2,1-3H3. The summed E-state index contributed by atoms with van der Waals surface area (Å²) in [5.41, 5.74) is 6.29. The second kappa shape index (κ2) is 8.01. The number of hydroxylamine groups is 1. The van der Waals surface area contributed by atoms with Gasteiger partial charge in [0.25, 0.3) is 0 Å². The fraction of sp³-hybridized carbons (Fsp3) is 0.444. The van der Waals surface area contributed by atoms with E-state index in [0.717, 1.165) is 37.2 Å². The van der Waals surface area contributed by atoms with Gasteiger partial charge in [0.2, 0.25) is 0 Å². The number of aryl methyl sites for hydroxylation is 2. The van der Waals surface area contributed by atoms with Crippen LogP contribution in [0.2, 0.25) is 0 Å². The van der Waals surface area contributed by atoms with Gasteiger partial charge in [0.05, 0.1) is 5.60 Å². The van der Waals surface area contributed by atoms with Crippen LogP contribution in [0.15, 0.2) is 42.7 Å². The van der Waals surface area contributed by atoms with E-state index < -0.39 is 0 Å². The predicted molar refractivity (Wildman–Crippen MR) is 88.4 cm³/mol. The molecule has 1 N–H and O–H groups in total. The SMILES string of the molecule is CC(C)(C)ONCCc1cc(CCc2ccccc2)ncn1. The molecule has 4 nitrogen and oxygen atoms in total. The molecule has 0 saturated carbocycles. The largest absolute Gasteiger partial charge is 0.296 e. The van der Waals surface area contributed by atoms with Gasteiger partial charge in [-0.25, -0.2) is 15.4 Å². The maximum atomic E-state index is 5.49. The Kier molecular flexibility index (Phi) is 6.04. The second-order valence-electron chi connectivity index (χ2n) is 6.35. The van der Waals surface area contributed by atoms with Gasteiger partial charge < -0.3 is 0 Å². The van der Waals surface area contributed by atoms with Gasteiger partial charge in [0.15, 0.2) is 0 Å². The predicted octanol–water partition coefficient (Wildman–Crippen LogP) is 3.12. The van der Waals surface area contributed by atoms with E-state index in [9.17, 15) is 0 Å². The van der Waals surface area contributed by atoms with Gasteiger partial charge in [0.1, 0.15) is 6.33 Å². The number of hydrogen-bond donors (Lipinski definition) is 1. The second-order valence-corrected chi connectivity index (χ2v) is 6.35. The lowest BCUT2D eigenvalue weighted by atomic mass is 10.1. The van der Waals surface area contributed by atoms with E-state index in [0.29, 0.717) is 0 Å². The van der Waals surface area contributed by atoms with Gasteiger partial charge in [-0.1, -0.05) is 30.3 Å². The van der Waals surface area contributed by atoms with Gasteiger partial charge in [0, 0.05) is 24.4 Å². The number of rotatable bonds is 7. The third kappa shape index (κ3) is 6.33. The van der Waals surface area contributed by atoms with E-state index in [4.69, 9.17) is 4.84 Å². The molecule has 2 rings (SSSR count). The highest BCUT2D eigenvalue weighted by Crippen LogP contribution is 2.07. The Hall–Kier alpha value is -1.78. The molecule has 0 aliphatic heterocycles. The molecule has 0 spiro atoms. The van der Waals surface area contributed by atoms with Crippen LogP contribution < -0.4 is 5.48 Å². The Balaban J connectivity index is 1.80. The van der Waals surface area contributed by atoms with Crippen molar-refractivity contribution < 1.29 is 4.84 Å². The molecule has 0 fully saturated rings. The Morgan fingerprint density at radius 2 is 1.64 bits per heavy atom. The summed E-state index contributed by atoms with van der Waals surface area (Å²) in [6, 6.07) is 12.6. The molecule has 0 unspecified atom stereocenters. The number of nitrogens with one attached hydrogen (secondary N) is 1. The van der Waals surface area contributed by atoms with Crippen LogP contribution in [0, 0.1) is 0 Å². The molecule has 0 atom stereocenters. The van der Waals surface area contributed by atoms with E-state index in [1.807, 2.05) is 26.8 Å². The van der Waals surface area contributed by atoms with Crippen molar-refractivity contribution in [1.29, 1.82) is 0 Å². The molecule has 0 aliphatic rings. The first-order valence-electron chi connectivity index (χ1n) is 7.77. The zero-order valence-corrected chi connectivity index (χ0v) is 13.7. The Bertz CT molecular complexity index is 564. The van der Waals surface area contributed by atoms with Crippen LogP contribution in [-0.4, -0.2) is 22.1 Å². The minimum atomic E-state index is -0.174. The number of aromatic nitrogens is 2. The smallest absolute Gasteiger partial charge is 0.115 e. The fourth-order valence-electron chi connectivity index (χ4n) is 2.08. The molecule has 1 aromatic heterocycles. The summed E-state index contributed by atoms with van der Waals surface area (Å²) in [7, 11) is 0. The lowest BCUT2D eigenvalue weighted by Gasteiger charge is -2.19. The van der Waals surface area contributed by atoms with Crippen LogP contribution >= 0.6 is 0 Å². The van der Waals surface area contributed by atoms with Crippen LogP contribution in [0.25, 0.3) is 0 Å². The first-order chi connectivity index (χ1) is 10.5. The van der Waals surface area contributed by atoms with Crippen LogP contribution in [0.5, 0.6) is 0 Å². The molecular weight excluding hydrogens is 274 g/mol. The minimum Gasteiger partial charge on any atom is -0.296 e. The molecule has 2 aromatic rings. The molecule has 0 saturated heterocycles. The summed E-state index contributed by atoms with van der Waals surface area (Å²) in [6.07, 6.45) is 4.42. The third-order valence-corrected chi connectivity index (χ3v) is 3.15. The zero-order chi connectivity index (χ0) is 15.8. The zero-order valence-electron chi connectivity index (χ0n) is 13.7. The van der Waals surface area contributed by atoms with Crippen molar-refractivity contribution in [2.45, 2.75) is 45.6 Å². The monoisotopic (exact) mass is 299 g/mol. The first-order valence-corrected chi connectivity index (χ1v) is 7.77. The van der Waals surface area contributed by atoms with Crippen molar-refractivity contribution in [3.63, 3.8) is 0 Å². The highest BCUT2D eigenvalue weighted by atomic mass is 16.7. The first kappa shape index (κ1) is 16.6. The average molecular weight is 299 g/mol. The van der Waals surface area contributed by atoms with E-state index in [2.05, 4.69) is 45.8 Å². The maximum absolute atomic E-state index is 5.49. The van der Waals surface area contributed by atoms with Crippen LogP contribution in [0.1, 0.15) is 37.7 Å². The molecule has 0 radical (unpaired) electrons. The Morgan fingerprint density at radius 1 is 0.955 bits per heavy atom. The van der Waals surface area contributed by atoms with Crippen molar-refractivity contribution in [2.24, 2.45) is 0 Å². The minimum absolute atomic E-state index is 0.174. The van der Waals surface area contributed by atoms with Crippen molar-refractivity contribution in [1.82, 2.24) is 15.4 Å². The summed E-state index contributed by atoms with van der Waals surface area (Å²) < 4.78 is 0.